The molecule has 1 aromatic heterocycles. The summed E-state index contributed by atoms with van der Waals surface area (Å²) < 4.78 is 4.84. The Hall–Kier alpha value is -2.22. The van der Waals surface area contributed by atoms with Gasteiger partial charge in [-0.15, -0.1) is 12.3 Å². The summed E-state index contributed by atoms with van der Waals surface area (Å²) in [5.74, 6) is 0.644. The summed E-state index contributed by atoms with van der Waals surface area (Å²) in [6, 6.07) is 2.58. The van der Waals surface area contributed by atoms with Crippen molar-refractivity contribution in [2.24, 2.45) is 0 Å². The van der Waals surface area contributed by atoms with Crippen LogP contribution in [0.3, 0.4) is 0 Å². The van der Waals surface area contributed by atoms with Crippen molar-refractivity contribution in [3.63, 3.8) is 0 Å². The lowest BCUT2D eigenvalue weighted by atomic mass is 10.2. The summed E-state index contributed by atoms with van der Waals surface area (Å²) in [5.41, 5.74) is 0. The second kappa shape index (κ2) is 6.38. The van der Waals surface area contributed by atoms with Crippen molar-refractivity contribution in [3.05, 3.63) is 23.7 Å². The third-order valence-corrected chi connectivity index (χ3v) is 2.07. The van der Waals surface area contributed by atoms with E-state index in [1.807, 2.05) is 0 Å². The van der Waals surface area contributed by atoms with E-state index >= 15 is 0 Å². The first-order valence-corrected chi connectivity index (χ1v) is 5.20. The van der Waals surface area contributed by atoms with Crippen LogP contribution in [0.2, 0.25) is 0 Å². The first-order valence-electron chi connectivity index (χ1n) is 5.20. The number of unbranched alkanes of at least 4 members (excludes halogenated alkanes) is 2. The molecule has 1 heterocycles. The number of hydrogen-bond acceptors (Lipinski definition) is 3. The first-order chi connectivity index (χ1) is 8.15. The van der Waals surface area contributed by atoms with Crippen LogP contribution in [-0.2, 0) is 0 Å². The number of amides is 1. The molecule has 0 saturated heterocycles. The molecule has 1 rings (SSSR count). The van der Waals surface area contributed by atoms with E-state index in [0.29, 0.717) is 13.0 Å². The number of carbonyl (C=O) groups excluding carboxylic acids is 1. The summed E-state index contributed by atoms with van der Waals surface area (Å²) in [7, 11) is 0. The molecule has 0 aromatic carbocycles. The predicted molar refractivity (Wildman–Crippen MR) is 60.7 cm³/mol. The van der Waals surface area contributed by atoms with E-state index in [1.165, 1.54) is 12.1 Å². The summed E-state index contributed by atoms with van der Waals surface area (Å²) in [4.78, 5) is 22.0. The monoisotopic (exact) mass is 235 g/mol. The Bertz CT molecular complexity index is 442. The number of aromatic carboxylic acids is 1. The normalized spacial score (nSPS) is 9.59. The van der Waals surface area contributed by atoms with E-state index in [1.54, 1.807) is 0 Å². The Labute approximate surface area is 98.8 Å². The van der Waals surface area contributed by atoms with Gasteiger partial charge in [0.1, 0.15) is 0 Å². The highest BCUT2D eigenvalue weighted by Crippen LogP contribution is 2.07. The number of hydrogen-bond donors (Lipinski definition) is 2. The van der Waals surface area contributed by atoms with E-state index in [0.717, 1.165) is 12.8 Å². The van der Waals surface area contributed by atoms with Gasteiger partial charge in [-0.25, -0.2) is 4.79 Å². The molecule has 0 aliphatic heterocycles. The third kappa shape index (κ3) is 4.03. The standard InChI is InChI=1S/C12H13NO4/c1-2-3-4-5-8-13-11(14)9-6-7-10(17-9)12(15)16/h1,6-7H,3-5,8H2,(H,13,14)(H,15,16). The predicted octanol–water partition coefficient (Wildman–Crippen LogP) is 1.51. The number of furan rings is 1. The second-order valence-electron chi connectivity index (χ2n) is 3.39. The smallest absolute Gasteiger partial charge is 0.371 e. The molecule has 0 atom stereocenters. The van der Waals surface area contributed by atoms with Gasteiger partial charge in [-0.2, -0.15) is 0 Å². The van der Waals surface area contributed by atoms with E-state index in [-0.39, 0.29) is 11.5 Å². The van der Waals surface area contributed by atoms with Crippen molar-refractivity contribution in [1.29, 1.82) is 0 Å². The van der Waals surface area contributed by atoms with Gasteiger partial charge in [-0.1, -0.05) is 0 Å². The van der Waals surface area contributed by atoms with Crippen molar-refractivity contribution < 1.29 is 19.1 Å². The maximum Gasteiger partial charge on any atom is 0.371 e. The lowest BCUT2D eigenvalue weighted by molar-refractivity contribution is 0.0659. The SMILES string of the molecule is C#CCCCCNC(=O)c1ccc(C(=O)O)o1. The van der Waals surface area contributed by atoms with Crippen molar-refractivity contribution in [2.75, 3.05) is 6.54 Å². The van der Waals surface area contributed by atoms with Crippen LogP contribution < -0.4 is 5.32 Å². The number of carboxylic acid groups (broad SMARTS) is 1. The lowest BCUT2D eigenvalue weighted by Gasteiger charge is -2.01. The maximum absolute atomic E-state index is 11.5. The average Bonchev–Trinajstić information content (AvgIpc) is 2.78. The minimum absolute atomic E-state index is 0.000602. The molecular weight excluding hydrogens is 222 g/mol. The second-order valence-corrected chi connectivity index (χ2v) is 3.39. The Morgan fingerprint density at radius 2 is 2.06 bits per heavy atom. The van der Waals surface area contributed by atoms with Crippen LogP contribution in [0.25, 0.3) is 0 Å². The first kappa shape index (κ1) is 12.8. The van der Waals surface area contributed by atoms with Gasteiger partial charge in [0.15, 0.2) is 5.76 Å². The molecule has 0 spiro atoms. The van der Waals surface area contributed by atoms with Crippen molar-refractivity contribution in [3.8, 4) is 12.3 Å². The van der Waals surface area contributed by atoms with Crippen LogP contribution in [0.15, 0.2) is 16.5 Å². The molecule has 0 aliphatic carbocycles. The zero-order valence-electron chi connectivity index (χ0n) is 9.23. The number of terminal acetylenes is 1. The fourth-order valence-electron chi connectivity index (χ4n) is 1.22. The van der Waals surface area contributed by atoms with Gasteiger partial charge >= 0.3 is 5.97 Å². The Balaban J connectivity index is 2.37. The Morgan fingerprint density at radius 3 is 2.65 bits per heavy atom. The molecule has 2 N–H and O–H groups in total. The fraction of sp³-hybridized carbons (Fsp3) is 0.333. The van der Waals surface area contributed by atoms with Gasteiger partial charge in [0.25, 0.3) is 5.91 Å². The number of carboxylic acids is 1. The quantitative estimate of drug-likeness (QED) is 0.578. The minimum Gasteiger partial charge on any atom is -0.475 e. The highest BCUT2D eigenvalue weighted by atomic mass is 16.4. The van der Waals surface area contributed by atoms with Crippen LogP contribution in [0.4, 0.5) is 0 Å². The van der Waals surface area contributed by atoms with E-state index < -0.39 is 11.9 Å². The third-order valence-electron chi connectivity index (χ3n) is 2.07. The van der Waals surface area contributed by atoms with E-state index in [4.69, 9.17) is 15.9 Å². The molecule has 0 bridgehead atoms. The van der Waals surface area contributed by atoms with Gasteiger partial charge in [0.05, 0.1) is 0 Å². The Kier molecular flexibility index (Phi) is 4.82. The van der Waals surface area contributed by atoms with E-state index in [2.05, 4.69) is 11.2 Å². The molecule has 1 aromatic rings. The van der Waals surface area contributed by atoms with Gasteiger partial charge in [-0.05, 0) is 25.0 Å². The summed E-state index contributed by atoms with van der Waals surface area (Å²) in [5, 5.41) is 11.2. The van der Waals surface area contributed by atoms with Crippen molar-refractivity contribution >= 4 is 11.9 Å². The average molecular weight is 235 g/mol. The molecule has 90 valence electrons. The molecular formula is C12H13NO4. The minimum atomic E-state index is -1.20. The van der Waals surface area contributed by atoms with Crippen molar-refractivity contribution in [1.82, 2.24) is 5.32 Å². The van der Waals surface area contributed by atoms with Crippen LogP contribution in [0.5, 0.6) is 0 Å². The van der Waals surface area contributed by atoms with Gasteiger partial charge in [0, 0.05) is 13.0 Å². The molecule has 5 heteroatoms. The molecule has 1 amide bonds. The Morgan fingerprint density at radius 1 is 1.35 bits per heavy atom. The molecule has 5 nitrogen and oxygen atoms in total. The fourth-order valence-corrected chi connectivity index (χ4v) is 1.22. The topological polar surface area (TPSA) is 79.5 Å². The highest BCUT2D eigenvalue weighted by molar-refractivity contribution is 5.93. The van der Waals surface area contributed by atoms with Gasteiger partial charge in [-0.3, -0.25) is 4.79 Å². The zero-order chi connectivity index (χ0) is 12.7. The molecule has 0 fully saturated rings. The number of carbonyl (C=O) groups is 2. The summed E-state index contributed by atoms with van der Waals surface area (Å²) in [6.07, 6.45) is 7.39. The van der Waals surface area contributed by atoms with Crippen LogP contribution >= 0.6 is 0 Å². The molecule has 0 aliphatic rings. The van der Waals surface area contributed by atoms with Crippen LogP contribution in [-0.4, -0.2) is 23.5 Å². The molecule has 0 saturated carbocycles. The molecule has 17 heavy (non-hydrogen) atoms. The zero-order valence-corrected chi connectivity index (χ0v) is 9.23. The largest absolute Gasteiger partial charge is 0.475 e. The number of nitrogens with one attached hydrogen (secondary N) is 1. The van der Waals surface area contributed by atoms with Gasteiger partial charge in [0.2, 0.25) is 5.76 Å². The maximum atomic E-state index is 11.5. The summed E-state index contributed by atoms with van der Waals surface area (Å²) in [6.45, 7) is 0.490. The number of rotatable bonds is 6. The van der Waals surface area contributed by atoms with E-state index in [9.17, 15) is 9.59 Å². The lowest BCUT2D eigenvalue weighted by Crippen LogP contribution is -2.23. The van der Waals surface area contributed by atoms with Crippen LogP contribution in [0.1, 0.15) is 40.4 Å². The molecule has 0 unspecified atom stereocenters. The van der Waals surface area contributed by atoms with Gasteiger partial charge < -0.3 is 14.8 Å². The summed E-state index contributed by atoms with van der Waals surface area (Å²) >= 11 is 0. The van der Waals surface area contributed by atoms with Crippen LogP contribution in [0, 0.1) is 12.3 Å². The molecule has 0 radical (unpaired) electrons. The van der Waals surface area contributed by atoms with Crippen molar-refractivity contribution in [2.45, 2.75) is 19.3 Å². The highest BCUT2D eigenvalue weighted by Gasteiger charge is 2.13.